The van der Waals surface area contributed by atoms with E-state index in [-0.39, 0.29) is 29.9 Å². The number of hydrogen-bond acceptors (Lipinski definition) is 4. The van der Waals surface area contributed by atoms with Gasteiger partial charge in [-0.25, -0.2) is 8.42 Å². The second-order valence-electron chi connectivity index (χ2n) is 10.9. The molecule has 0 radical (unpaired) electrons. The van der Waals surface area contributed by atoms with Crippen molar-refractivity contribution in [2.45, 2.75) is 55.1 Å². The maximum Gasteiger partial charge on any atom is 0.416 e. The maximum absolute atomic E-state index is 13.5. The van der Waals surface area contributed by atoms with Crippen LogP contribution in [0.5, 0.6) is 0 Å². The first-order chi connectivity index (χ1) is 19.4. The number of pyridine rings is 1. The van der Waals surface area contributed by atoms with Crippen molar-refractivity contribution in [2.75, 3.05) is 13.1 Å². The Morgan fingerprint density at radius 3 is 2.19 bits per heavy atom. The number of alkyl halides is 6. The lowest BCUT2D eigenvalue weighted by Gasteiger charge is -2.41. The van der Waals surface area contributed by atoms with Crippen LogP contribution in [0.2, 0.25) is 0 Å². The van der Waals surface area contributed by atoms with Crippen LogP contribution in [0.15, 0.2) is 83.1 Å². The van der Waals surface area contributed by atoms with Crippen molar-refractivity contribution in [2.24, 2.45) is 5.92 Å². The summed E-state index contributed by atoms with van der Waals surface area (Å²) in [5, 5.41) is 0. The van der Waals surface area contributed by atoms with Crippen LogP contribution in [-0.4, -0.2) is 41.9 Å². The molecule has 42 heavy (non-hydrogen) atoms. The van der Waals surface area contributed by atoms with Gasteiger partial charge in [0.1, 0.15) is 0 Å². The molecule has 1 aliphatic heterocycles. The van der Waals surface area contributed by atoms with E-state index < -0.39 is 55.3 Å². The number of likely N-dealkylation sites (tertiary alicyclic amines) is 1. The van der Waals surface area contributed by atoms with Crippen LogP contribution in [-0.2, 0) is 22.4 Å². The Bertz CT molecular complexity index is 1630. The molecule has 3 aromatic rings. The lowest BCUT2D eigenvalue weighted by atomic mass is 9.85. The van der Waals surface area contributed by atoms with Crippen LogP contribution in [0.25, 0.3) is 11.4 Å². The highest BCUT2D eigenvalue weighted by molar-refractivity contribution is 7.92. The minimum atomic E-state index is -4.69. The molecular formula is C30H30F6N2O3S. The molecule has 0 saturated carbocycles. The van der Waals surface area contributed by atoms with Crippen molar-refractivity contribution in [3.05, 3.63) is 100 Å². The van der Waals surface area contributed by atoms with Gasteiger partial charge in [-0.05, 0) is 74.6 Å². The molecule has 4 rings (SSSR count). The van der Waals surface area contributed by atoms with E-state index in [1.54, 1.807) is 17.0 Å². The Balaban J connectivity index is 1.56. The Labute approximate surface area is 240 Å². The highest BCUT2D eigenvalue weighted by Gasteiger charge is 2.45. The molecule has 2 aromatic carbocycles. The molecule has 2 heterocycles. The molecule has 5 nitrogen and oxygen atoms in total. The van der Waals surface area contributed by atoms with E-state index in [0.29, 0.717) is 24.6 Å². The fourth-order valence-corrected chi connectivity index (χ4v) is 7.21. The van der Waals surface area contributed by atoms with Crippen LogP contribution in [0.1, 0.15) is 43.4 Å². The van der Waals surface area contributed by atoms with Gasteiger partial charge in [0, 0.05) is 42.3 Å². The molecule has 0 aliphatic carbocycles. The first-order valence-corrected chi connectivity index (χ1v) is 14.6. The van der Waals surface area contributed by atoms with Gasteiger partial charge in [-0.15, -0.1) is 0 Å². The van der Waals surface area contributed by atoms with Crippen LogP contribution in [0.4, 0.5) is 26.3 Å². The smallest absolute Gasteiger partial charge is 0.372 e. The van der Waals surface area contributed by atoms with Crippen LogP contribution >= 0.6 is 0 Å². The number of sulfone groups is 1. The summed E-state index contributed by atoms with van der Waals surface area (Å²) in [6, 6.07) is 12.4. The van der Waals surface area contributed by atoms with E-state index in [2.05, 4.69) is 6.58 Å². The molecule has 0 atom stereocenters. The number of hydrogen-bond donors (Lipinski definition) is 0. The van der Waals surface area contributed by atoms with Gasteiger partial charge in [0.25, 0.3) is 5.56 Å². The van der Waals surface area contributed by atoms with E-state index in [1.807, 2.05) is 0 Å². The Morgan fingerprint density at radius 2 is 1.60 bits per heavy atom. The van der Waals surface area contributed by atoms with Gasteiger partial charge in [-0.3, -0.25) is 9.36 Å². The standard InChI is InChI=1S/C30H30F6N2O3S/c1-20(26-11-10-24(17-21(26)19-29(31,32)33)38-14-5-4-9-27(38)39)37-15-12-22(13-16-37)28(2,3)42(40,41)25-8-6-7-23(18-25)30(34,35)36/h4-11,14,17-18,22H,1,12-13,15-16,19H2,2-3H3. The van der Waals surface area contributed by atoms with Gasteiger partial charge in [-0.1, -0.05) is 24.8 Å². The zero-order valence-corrected chi connectivity index (χ0v) is 23.8. The summed E-state index contributed by atoms with van der Waals surface area (Å²) in [4.78, 5) is 13.6. The summed E-state index contributed by atoms with van der Waals surface area (Å²) >= 11 is 0. The zero-order chi connectivity index (χ0) is 31.1. The number of benzene rings is 2. The number of halogens is 6. The number of aromatic nitrogens is 1. The molecule has 0 bridgehead atoms. The summed E-state index contributed by atoms with van der Waals surface area (Å²) in [6.45, 7) is 7.60. The Hall–Kier alpha value is -3.54. The minimum Gasteiger partial charge on any atom is -0.372 e. The van der Waals surface area contributed by atoms with Gasteiger partial charge in [-0.2, -0.15) is 26.3 Å². The molecule has 226 valence electrons. The number of nitrogens with zero attached hydrogens (tertiary/aromatic N) is 2. The normalized spacial score (nSPS) is 15.6. The summed E-state index contributed by atoms with van der Waals surface area (Å²) in [5.41, 5.74) is -0.644. The van der Waals surface area contributed by atoms with Crippen LogP contribution in [0, 0.1) is 5.92 Å². The van der Waals surface area contributed by atoms with Gasteiger partial charge in [0.05, 0.1) is 21.6 Å². The van der Waals surface area contributed by atoms with Crippen LogP contribution in [0.3, 0.4) is 0 Å². The quantitative estimate of drug-likeness (QED) is 0.273. The number of piperidine rings is 1. The molecule has 12 heteroatoms. The second-order valence-corrected chi connectivity index (χ2v) is 13.4. The lowest BCUT2D eigenvalue weighted by Crippen LogP contribution is -2.46. The lowest BCUT2D eigenvalue weighted by molar-refractivity contribution is -0.137. The molecule has 0 unspecified atom stereocenters. The summed E-state index contributed by atoms with van der Waals surface area (Å²) in [5.74, 6) is -0.428. The molecule has 0 amide bonds. The summed E-state index contributed by atoms with van der Waals surface area (Å²) in [7, 11) is -4.17. The van der Waals surface area contributed by atoms with Gasteiger partial charge in [0.15, 0.2) is 9.84 Å². The fourth-order valence-electron chi connectivity index (χ4n) is 5.39. The first kappa shape index (κ1) is 31.4. The van der Waals surface area contributed by atoms with E-state index >= 15 is 0 Å². The third-order valence-electron chi connectivity index (χ3n) is 7.92. The minimum absolute atomic E-state index is 0.0599. The predicted octanol–water partition coefficient (Wildman–Crippen LogP) is 6.90. The Kier molecular flexibility index (Phi) is 8.43. The van der Waals surface area contributed by atoms with E-state index in [4.69, 9.17) is 0 Å². The average Bonchev–Trinajstić information content (AvgIpc) is 2.91. The molecule has 1 aromatic heterocycles. The zero-order valence-electron chi connectivity index (χ0n) is 23.0. The molecule has 1 fully saturated rings. The third kappa shape index (κ3) is 6.43. The van der Waals surface area contributed by atoms with Gasteiger partial charge >= 0.3 is 12.4 Å². The molecule has 1 saturated heterocycles. The van der Waals surface area contributed by atoms with Crippen molar-refractivity contribution in [3.63, 3.8) is 0 Å². The fraction of sp³-hybridized carbons (Fsp3) is 0.367. The highest BCUT2D eigenvalue weighted by Crippen LogP contribution is 2.41. The summed E-state index contributed by atoms with van der Waals surface area (Å²) in [6.07, 6.45) is -8.34. The summed E-state index contributed by atoms with van der Waals surface area (Å²) < 4.78 is 107. The van der Waals surface area contributed by atoms with E-state index in [9.17, 15) is 39.6 Å². The van der Waals surface area contributed by atoms with Crippen molar-refractivity contribution in [1.29, 1.82) is 0 Å². The van der Waals surface area contributed by atoms with Crippen molar-refractivity contribution in [1.82, 2.24) is 9.47 Å². The maximum atomic E-state index is 13.5. The van der Waals surface area contributed by atoms with Gasteiger partial charge in [0.2, 0.25) is 0 Å². The van der Waals surface area contributed by atoms with E-state index in [0.717, 1.165) is 18.2 Å². The molecule has 0 spiro atoms. The van der Waals surface area contributed by atoms with Crippen molar-refractivity contribution < 1.29 is 34.8 Å². The molecule has 1 aliphatic rings. The average molecular weight is 613 g/mol. The van der Waals surface area contributed by atoms with Crippen molar-refractivity contribution >= 4 is 15.5 Å². The van der Waals surface area contributed by atoms with Crippen LogP contribution < -0.4 is 5.56 Å². The first-order valence-electron chi connectivity index (χ1n) is 13.2. The topological polar surface area (TPSA) is 59.4 Å². The highest BCUT2D eigenvalue weighted by atomic mass is 32.2. The Morgan fingerprint density at radius 1 is 0.929 bits per heavy atom. The molecule has 0 N–H and O–H groups in total. The largest absolute Gasteiger partial charge is 0.416 e. The van der Waals surface area contributed by atoms with Gasteiger partial charge < -0.3 is 4.90 Å². The van der Waals surface area contributed by atoms with E-state index in [1.165, 1.54) is 48.9 Å². The SMILES string of the molecule is C=C(c1ccc(-n2ccccc2=O)cc1CC(F)(F)F)N1CCC(C(C)(C)S(=O)(=O)c2cccc(C(F)(F)F)c2)CC1. The monoisotopic (exact) mass is 612 g/mol. The predicted molar refractivity (Wildman–Crippen MR) is 148 cm³/mol. The molecular weight excluding hydrogens is 582 g/mol. The number of rotatable bonds is 7. The second kappa shape index (κ2) is 11.3. The third-order valence-corrected chi connectivity index (χ3v) is 10.5. The van der Waals surface area contributed by atoms with Crippen molar-refractivity contribution in [3.8, 4) is 5.69 Å².